The Hall–Kier alpha value is -3.67. The molecule has 0 radical (unpaired) electrons. The summed E-state index contributed by atoms with van der Waals surface area (Å²) in [4.78, 5) is 34.3. The third-order valence-corrected chi connectivity index (χ3v) is 9.05. The first-order valence-electron chi connectivity index (χ1n) is 16.4. The molecular formula is C36H53N3O8. The van der Waals surface area contributed by atoms with Gasteiger partial charge in [-0.15, -0.1) is 0 Å². The van der Waals surface area contributed by atoms with E-state index in [0.717, 1.165) is 36.8 Å². The number of alkyl carbamates (subject to hydrolysis) is 2. The van der Waals surface area contributed by atoms with Gasteiger partial charge < -0.3 is 40.8 Å². The lowest BCUT2D eigenvalue weighted by Crippen LogP contribution is -2.51. The second-order valence-corrected chi connectivity index (χ2v) is 13.9. The highest BCUT2D eigenvalue weighted by Crippen LogP contribution is 2.36. The number of benzene rings is 2. The van der Waals surface area contributed by atoms with Crippen LogP contribution < -0.4 is 16.4 Å². The fourth-order valence-electron chi connectivity index (χ4n) is 5.51. The second-order valence-electron chi connectivity index (χ2n) is 13.9. The van der Waals surface area contributed by atoms with Crippen molar-refractivity contribution in [2.75, 3.05) is 7.11 Å². The summed E-state index contributed by atoms with van der Waals surface area (Å²) in [5, 5.41) is 24.7. The lowest BCUT2D eigenvalue weighted by Gasteiger charge is -2.42. The van der Waals surface area contributed by atoms with Gasteiger partial charge in [0.15, 0.2) is 0 Å². The minimum Gasteiger partial charge on any atom is -0.469 e. The molecular weight excluding hydrogens is 602 g/mol. The third kappa shape index (κ3) is 13.2. The van der Waals surface area contributed by atoms with Crippen LogP contribution in [0.5, 0.6) is 0 Å². The second kappa shape index (κ2) is 17.5. The molecule has 11 nitrogen and oxygen atoms in total. The minimum atomic E-state index is -0.661. The molecule has 260 valence electrons. The number of ether oxygens (including phenoxy) is 3. The molecule has 6 N–H and O–H groups in total. The first kappa shape index (κ1) is 37.8. The van der Waals surface area contributed by atoms with Crippen molar-refractivity contribution in [2.24, 2.45) is 23.5 Å². The molecule has 2 aromatic rings. The van der Waals surface area contributed by atoms with Crippen LogP contribution in [-0.4, -0.2) is 64.8 Å². The van der Waals surface area contributed by atoms with Crippen molar-refractivity contribution in [1.82, 2.24) is 10.6 Å². The maximum absolute atomic E-state index is 11.6. The van der Waals surface area contributed by atoms with Gasteiger partial charge >= 0.3 is 18.2 Å². The molecule has 3 aliphatic rings. The van der Waals surface area contributed by atoms with E-state index in [-0.39, 0.29) is 49.2 Å². The lowest BCUT2D eigenvalue weighted by atomic mass is 9.71. The van der Waals surface area contributed by atoms with E-state index in [2.05, 4.69) is 15.4 Å². The molecule has 0 bridgehead atoms. The number of rotatable bonds is 9. The molecule has 0 aliphatic heterocycles. The minimum absolute atomic E-state index is 0.00683. The van der Waals surface area contributed by atoms with Crippen LogP contribution in [0.3, 0.4) is 0 Å². The normalized spacial score (nSPS) is 24.5. The van der Waals surface area contributed by atoms with Gasteiger partial charge in [0.1, 0.15) is 13.2 Å². The average Bonchev–Trinajstić information content (AvgIpc) is 2.97. The number of methoxy groups -OCH3 is 1. The molecule has 3 fully saturated rings. The van der Waals surface area contributed by atoms with E-state index in [1.54, 1.807) is 0 Å². The number of hydrogen-bond acceptors (Lipinski definition) is 9. The van der Waals surface area contributed by atoms with Crippen molar-refractivity contribution in [3.8, 4) is 0 Å². The van der Waals surface area contributed by atoms with Crippen molar-refractivity contribution in [3.05, 3.63) is 71.8 Å². The average molecular weight is 656 g/mol. The number of hydrogen-bond donors (Lipinski definition) is 5. The SMILES string of the molecule is CC(C)(O)C1CC(N)C1.CC(C)(O)C1CC(NC(=O)OCc2ccccc2)C1.COC(=O)C1CC(NC(=O)OCc2ccccc2)C1. The highest BCUT2D eigenvalue weighted by Gasteiger charge is 2.40. The fourth-order valence-corrected chi connectivity index (χ4v) is 5.51. The molecule has 3 aliphatic carbocycles. The summed E-state index contributed by atoms with van der Waals surface area (Å²) in [5.41, 5.74) is 6.31. The van der Waals surface area contributed by atoms with Gasteiger partial charge in [0.2, 0.25) is 0 Å². The molecule has 5 rings (SSSR count). The molecule has 0 atom stereocenters. The first-order chi connectivity index (χ1) is 22.1. The molecule has 0 unspecified atom stereocenters. The maximum atomic E-state index is 11.6. The Morgan fingerprint density at radius 2 is 1.09 bits per heavy atom. The van der Waals surface area contributed by atoms with Gasteiger partial charge in [-0.05, 0) is 89.2 Å². The number of carbonyl (C=O) groups excluding carboxylic acids is 3. The standard InChI is InChI=1S/C15H21NO3.C14H17NO4.C7H15NO/c1-15(2,18)12-8-13(9-12)16-14(17)19-10-11-6-4-3-5-7-11;1-18-13(16)11-7-12(8-11)15-14(17)19-9-10-5-3-2-4-6-10;1-7(2,9)5-3-6(8)4-5/h3-7,12-13,18H,8-10H2,1-2H3,(H,16,17);2-6,11-12H,7-9H2,1H3,(H,15,17);5-6,9H,3-4,8H2,1-2H3. The van der Waals surface area contributed by atoms with E-state index < -0.39 is 17.3 Å². The zero-order valence-electron chi connectivity index (χ0n) is 28.3. The number of aliphatic hydroxyl groups is 2. The van der Waals surface area contributed by atoms with E-state index >= 15 is 0 Å². The van der Waals surface area contributed by atoms with Crippen molar-refractivity contribution in [1.29, 1.82) is 0 Å². The number of nitrogens with two attached hydrogens (primary N) is 1. The number of nitrogens with one attached hydrogen (secondary N) is 2. The molecule has 0 heterocycles. The molecule has 47 heavy (non-hydrogen) atoms. The van der Waals surface area contributed by atoms with E-state index in [4.69, 9.17) is 15.2 Å². The number of carbonyl (C=O) groups is 3. The Morgan fingerprint density at radius 1 is 0.702 bits per heavy atom. The predicted octanol–water partition coefficient (Wildman–Crippen LogP) is 4.82. The monoisotopic (exact) mass is 655 g/mol. The quantitative estimate of drug-likeness (QED) is 0.188. The predicted molar refractivity (Wildman–Crippen MR) is 178 cm³/mol. The van der Waals surface area contributed by atoms with Gasteiger partial charge in [0.25, 0.3) is 0 Å². The van der Waals surface area contributed by atoms with Gasteiger partial charge in [0, 0.05) is 18.1 Å². The summed E-state index contributed by atoms with van der Waals surface area (Å²) in [5.74, 6) is 0.388. The molecule has 2 amide bonds. The third-order valence-electron chi connectivity index (χ3n) is 9.05. The molecule has 0 aromatic heterocycles. The number of esters is 1. The Labute approximate surface area is 278 Å². The highest BCUT2D eigenvalue weighted by atomic mass is 16.6. The van der Waals surface area contributed by atoms with Crippen molar-refractivity contribution >= 4 is 18.2 Å². The van der Waals surface area contributed by atoms with Crippen molar-refractivity contribution in [2.45, 2.75) is 109 Å². The van der Waals surface area contributed by atoms with Crippen LogP contribution in [0.25, 0.3) is 0 Å². The van der Waals surface area contributed by atoms with Crippen molar-refractivity contribution in [3.63, 3.8) is 0 Å². The van der Waals surface area contributed by atoms with Gasteiger partial charge in [-0.1, -0.05) is 60.7 Å². The Bertz CT molecular complexity index is 1240. The highest BCUT2D eigenvalue weighted by molar-refractivity contribution is 5.74. The van der Waals surface area contributed by atoms with Crippen LogP contribution in [0.1, 0.15) is 77.3 Å². The zero-order valence-corrected chi connectivity index (χ0v) is 28.3. The fraction of sp³-hybridized carbons (Fsp3) is 0.583. The van der Waals surface area contributed by atoms with Crippen LogP contribution in [-0.2, 0) is 32.2 Å². The van der Waals surface area contributed by atoms with E-state index in [0.29, 0.717) is 24.8 Å². The summed E-state index contributed by atoms with van der Waals surface area (Å²) in [6, 6.07) is 19.5. The molecule has 0 spiro atoms. The van der Waals surface area contributed by atoms with Crippen molar-refractivity contribution < 1.29 is 38.8 Å². The van der Waals surface area contributed by atoms with Gasteiger partial charge in [-0.2, -0.15) is 0 Å². The lowest BCUT2D eigenvalue weighted by molar-refractivity contribution is -0.149. The molecule has 3 saturated carbocycles. The van der Waals surface area contributed by atoms with E-state index in [9.17, 15) is 24.6 Å². The zero-order chi connectivity index (χ0) is 34.6. The Balaban J connectivity index is 0.000000204. The number of amides is 2. The van der Waals surface area contributed by atoms with Crippen LogP contribution in [0, 0.1) is 17.8 Å². The van der Waals surface area contributed by atoms with Gasteiger partial charge in [0.05, 0.1) is 24.2 Å². The van der Waals surface area contributed by atoms with E-state index in [1.807, 2.05) is 88.4 Å². The van der Waals surface area contributed by atoms with Crippen LogP contribution in [0.15, 0.2) is 60.7 Å². The van der Waals surface area contributed by atoms with Gasteiger partial charge in [-0.3, -0.25) is 4.79 Å². The van der Waals surface area contributed by atoms with Crippen LogP contribution in [0.4, 0.5) is 9.59 Å². The van der Waals surface area contributed by atoms with Crippen LogP contribution >= 0.6 is 0 Å². The summed E-state index contributed by atoms with van der Waals surface area (Å²) in [7, 11) is 1.37. The van der Waals surface area contributed by atoms with Crippen LogP contribution in [0.2, 0.25) is 0 Å². The summed E-state index contributed by atoms with van der Waals surface area (Å²) in [6.45, 7) is 7.85. The molecule has 0 saturated heterocycles. The summed E-state index contributed by atoms with van der Waals surface area (Å²) >= 11 is 0. The Morgan fingerprint density at radius 3 is 1.43 bits per heavy atom. The summed E-state index contributed by atoms with van der Waals surface area (Å²) in [6.07, 6.45) is 4.00. The maximum Gasteiger partial charge on any atom is 0.407 e. The smallest absolute Gasteiger partial charge is 0.407 e. The Kier molecular flexibility index (Phi) is 14.0. The summed E-state index contributed by atoms with van der Waals surface area (Å²) < 4.78 is 14.9. The van der Waals surface area contributed by atoms with Gasteiger partial charge in [-0.25, -0.2) is 9.59 Å². The topological polar surface area (TPSA) is 169 Å². The largest absolute Gasteiger partial charge is 0.469 e. The van der Waals surface area contributed by atoms with E-state index in [1.165, 1.54) is 7.11 Å². The molecule has 11 heteroatoms. The first-order valence-corrected chi connectivity index (χ1v) is 16.4. The molecule has 2 aromatic carbocycles.